The number of carbonyl (C=O) groups excluding carboxylic acids is 1. The Hall–Kier alpha value is -3.37. The normalized spacial score (nSPS) is 11.8. The molecule has 0 fully saturated rings. The van der Waals surface area contributed by atoms with Crippen LogP contribution < -0.4 is 4.74 Å². The fourth-order valence-electron chi connectivity index (χ4n) is 3.21. The van der Waals surface area contributed by atoms with Gasteiger partial charge in [-0.2, -0.15) is 0 Å². The number of aromatic nitrogens is 1. The average Bonchev–Trinajstić information content (AvgIpc) is 2.77. The van der Waals surface area contributed by atoms with Crippen LogP contribution in [0.5, 0.6) is 5.75 Å². The molecule has 0 aliphatic carbocycles. The minimum Gasteiger partial charge on any atom is -0.497 e. The van der Waals surface area contributed by atoms with Gasteiger partial charge >= 0.3 is 5.97 Å². The lowest BCUT2D eigenvalue weighted by Gasteiger charge is -2.20. The number of fused-ring (bicyclic) bond motifs is 1. The van der Waals surface area contributed by atoms with E-state index in [-0.39, 0.29) is 0 Å². The van der Waals surface area contributed by atoms with Gasteiger partial charge in [-0.3, -0.25) is 4.98 Å². The van der Waals surface area contributed by atoms with E-state index in [1.54, 1.807) is 37.6 Å². The third-order valence-corrected chi connectivity index (χ3v) is 5.02. The molecule has 3 aromatic carbocycles. The van der Waals surface area contributed by atoms with Gasteiger partial charge in [-0.1, -0.05) is 60.1 Å². The van der Waals surface area contributed by atoms with Gasteiger partial charge in [0, 0.05) is 11.6 Å². The van der Waals surface area contributed by atoms with Gasteiger partial charge in [0.05, 0.1) is 23.4 Å². The molecule has 29 heavy (non-hydrogen) atoms. The number of hydrogen-bond donors (Lipinski definition) is 0. The Labute approximate surface area is 173 Å². The molecule has 0 spiro atoms. The molecule has 0 radical (unpaired) electrons. The third-order valence-electron chi connectivity index (χ3n) is 4.69. The average molecular weight is 404 g/mol. The second-order valence-corrected chi connectivity index (χ2v) is 6.86. The number of methoxy groups -OCH3 is 1. The van der Waals surface area contributed by atoms with Gasteiger partial charge in [0.25, 0.3) is 0 Å². The highest BCUT2D eigenvalue weighted by molar-refractivity contribution is 6.33. The smallest absolute Gasteiger partial charge is 0.340 e. The summed E-state index contributed by atoms with van der Waals surface area (Å²) >= 11 is 6.20. The topological polar surface area (TPSA) is 48.4 Å². The fourth-order valence-corrected chi connectivity index (χ4v) is 3.42. The summed E-state index contributed by atoms with van der Waals surface area (Å²) in [5.41, 5.74) is 1.76. The zero-order valence-electron chi connectivity index (χ0n) is 15.7. The van der Waals surface area contributed by atoms with Crippen molar-refractivity contribution in [1.29, 1.82) is 0 Å². The third kappa shape index (κ3) is 3.93. The maximum atomic E-state index is 12.9. The monoisotopic (exact) mass is 403 g/mol. The summed E-state index contributed by atoms with van der Waals surface area (Å²) in [7, 11) is 1.61. The molecule has 0 saturated heterocycles. The second-order valence-electron chi connectivity index (χ2n) is 6.46. The van der Waals surface area contributed by atoms with E-state index < -0.39 is 12.1 Å². The number of benzene rings is 3. The van der Waals surface area contributed by atoms with Crippen molar-refractivity contribution in [3.05, 3.63) is 107 Å². The van der Waals surface area contributed by atoms with Crippen molar-refractivity contribution in [2.45, 2.75) is 6.10 Å². The summed E-state index contributed by atoms with van der Waals surface area (Å²) in [4.78, 5) is 17.5. The highest BCUT2D eigenvalue weighted by Crippen LogP contribution is 2.32. The van der Waals surface area contributed by atoms with Crippen molar-refractivity contribution in [3.63, 3.8) is 0 Å². The lowest BCUT2D eigenvalue weighted by molar-refractivity contribution is 0.0373. The number of hydrogen-bond acceptors (Lipinski definition) is 4. The lowest BCUT2D eigenvalue weighted by atomic mass is 10.0. The molecule has 5 heteroatoms. The van der Waals surface area contributed by atoms with Crippen LogP contribution in [-0.2, 0) is 4.74 Å². The van der Waals surface area contributed by atoms with Crippen molar-refractivity contribution in [2.24, 2.45) is 0 Å². The number of carbonyl (C=O) groups is 1. The Morgan fingerprint density at radius 1 is 0.931 bits per heavy atom. The van der Waals surface area contributed by atoms with Gasteiger partial charge in [0.15, 0.2) is 6.10 Å². The summed E-state index contributed by atoms with van der Waals surface area (Å²) < 4.78 is 11.2. The molecule has 1 aromatic heterocycles. The number of ether oxygens (including phenoxy) is 2. The maximum Gasteiger partial charge on any atom is 0.340 e. The zero-order valence-corrected chi connectivity index (χ0v) is 16.5. The van der Waals surface area contributed by atoms with Gasteiger partial charge in [-0.15, -0.1) is 0 Å². The van der Waals surface area contributed by atoms with Crippen LogP contribution in [0.2, 0.25) is 5.02 Å². The van der Waals surface area contributed by atoms with E-state index in [4.69, 9.17) is 21.1 Å². The maximum absolute atomic E-state index is 12.9. The minimum absolute atomic E-state index is 0.313. The Bertz CT molecular complexity index is 1150. The first kappa shape index (κ1) is 19.0. The van der Waals surface area contributed by atoms with Gasteiger partial charge in [-0.25, -0.2) is 4.79 Å². The van der Waals surface area contributed by atoms with E-state index in [2.05, 4.69) is 4.98 Å². The quantitative estimate of drug-likeness (QED) is 0.392. The second kappa shape index (κ2) is 8.33. The molecule has 0 amide bonds. The van der Waals surface area contributed by atoms with Crippen LogP contribution in [0.25, 0.3) is 10.8 Å². The molecule has 0 saturated carbocycles. The Balaban J connectivity index is 1.80. The molecule has 1 atom stereocenters. The van der Waals surface area contributed by atoms with Gasteiger partial charge < -0.3 is 9.47 Å². The van der Waals surface area contributed by atoms with Crippen LogP contribution in [0.4, 0.5) is 0 Å². The summed E-state index contributed by atoms with van der Waals surface area (Å²) in [6.07, 6.45) is 1.02. The molecular weight excluding hydrogens is 386 g/mol. The molecule has 144 valence electrons. The van der Waals surface area contributed by atoms with Crippen molar-refractivity contribution in [2.75, 3.05) is 7.11 Å². The predicted molar refractivity (Wildman–Crippen MR) is 113 cm³/mol. The lowest BCUT2D eigenvalue weighted by Crippen LogP contribution is -2.15. The van der Waals surface area contributed by atoms with Gasteiger partial charge in [-0.05, 0) is 41.3 Å². The molecule has 0 aliphatic rings. The predicted octanol–water partition coefficient (Wildman–Crippen LogP) is 5.84. The van der Waals surface area contributed by atoms with Crippen molar-refractivity contribution in [1.82, 2.24) is 4.98 Å². The molecule has 4 rings (SSSR count). The SMILES string of the molecule is COc1ccc(C(OC(=O)c2ccccc2Cl)c2nccc3ccccc23)cc1. The molecule has 4 aromatic rings. The first-order valence-corrected chi connectivity index (χ1v) is 9.48. The molecule has 0 N–H and O–H groups in total. The molecular formula is C24H18ClNO3. The summed E-state index contributed by atoms with van der Waals surface area (Å²) in [6.45, 7) is 0. The van der Waals surface area contributed by atoms with Crippen LogP contribution in [0.1, 0.15) is 27.7 Å². The number of rotatable bonds is 5. The van der Waals surface area contributed by atoms with Crippen molar-refractivity contribution >= 4 is 28.3 Å². The molecule has 0 aliphatic heterocycles. The van der Waals surface area contributed by atoms with E-state index >= 15 is 0 Å². The van der Waals surface area contributed by atoms with Crippen LogP contribution in [0.15, 0.2) is 85.1 Å². The zero-order chi connectivity index (χ0) is 20.2. The number of pyridine rings is 1. The van der Waals surface area contributed by atoms with E-state index in [1.165, 1.54) is 0 Å². The molecule has 4 nitrogen and oxygen atoms in total. The summed E-state index contributed by atoms with van der Waals surface area (Å²) in [5.74, 6) is 0.210. The highest BCUT2D eigenvalue weighted by Gasteiger charge is 2.24. The van der Waals surface area contributed by atoms with E-state index in [1.807, 2.05) is 54.6 Å². The van der Waals surface area contributed by atoms with Crippen LogP contribution in [-0.4, -0.2) is 18.1 Å². The summed E-state index contributed by atoms with van der Waals surface area (Å²) in [6, 6.07) is 24.0. The molecule has 0 bridgehead atoms. The van der Waals surface area contributed by atoms with Gasteiger partial charge in [0.2, 0.25) is 0 Å². The first-order valence-electron chi connectivity index (χ1n) is 9.10. The number of nitrogens with zero attached hydrogens (tertiary/aromatic N) is 1. The van der Waals surface area contributed by atoms with Crippen LogP contribution in [0.3, 0.4) is 0 Å². The Morgan fingerprint density at radius 3 is 2.41 bits per heavy atom. The molecule has 1 heterocycles. The van der Waals surface area contributed by atoms with E-state index in [9.17, 15) is 4.79 Å². The van der Waals surface area contributed by atoms with Gasteiger partial charge in [0.1, 0.15) is 5.75 Å². The first-order chi connectivity index (χ1) is 14.2. The van der Waals surface area contributed by atoms with Crippen LogP contribution in [0, 0.1) is 0 Å². The minimum atomic E-state index is -0.698. The largest absolute Gasteiger partial charge is 0.497 e. The Kier molecular flexibility index (Phi) is 5.45. The van der Waals surface area contributed by atoms with Crippen LogP contribution >= 0.6 is 11.6 Å². The standard InChI is InChI=1S/C24H18ClNO3/c1-28-18-12-10-17(11-13-18)23(29-24(27)20-8-4-5-9-21(20)25)22-19-7-3-2-6-16(19)14-15-26-22/h2-15,23H,1H3. The Morgan fingerprint density at radius 2 is 1.66 bits per heavy atom. The fraction of sp³-hybridized carbons (Fsp3) is 0.0833. The van der Waals surface area contributed by atoms with Crippen molar-refractivity contribution < 1.29 is 14.3 Å². The summed E-state index contributed by atoms with van der Waals surface area (Å²) in [5, 5.41) is 2.28. The van der Waals surface area contributed by atoms with E-state index in [0.29, 0.717) is 16.3 Å². The van der Waals surface area contributed by atoms with Crippen molar-refractivity contribution in [3.8, 4) is 5.75 Å². The number of esters is 1. The molecule has 1 unspecified atom stereocenters. The highest BCUT2D eigenvalue weighted by atomic mass is 35.5. The van der Waals surface area contributed by atoms with E-state index in [0.717, 1.165) is 22.1 Å². The number of halogens is 1.